The summed E-state index contributed by atoms with van der Waals surface area (Å²) in [5.41, 5.74) is 11.7. The van der Waals surface area contributed by atoms with E-state index in [1.54, 1.807) is 0 Å². The predicted octanol–water partition coefficient (Wildman–Crippen LogP) is 2.93. The first kappa shape index (κ1) is 12.9. The first-order valence-corrected chi connectivity index (χ1v) is 6.96. The zero-order chi connectivity index (χ0) is 14.1. The predicted molar refractivity (Wildman–Crippen MR) is 81.6 cm³/mol. The summed E-state index contributed by atoms with van der Waals surface area (Å²) in [5, 5.41) is 2.89. The fourth-order valence-corrected chi connectivity index (χ4v) is 2.64. The van der Waals surface area contributed by atoms with Gasteiger partial charge in [0.25, 0.3) is 0 Å². The van der Waals surface area contributed by atoms with Gasteiger partial charge in [-0.25, -0.2) is 0 Å². The Bertz CT molecular complexity index is 664. The Hall–Kier alpha value is -2.13. The second kappa shape index (κ2) is 5.10. The quantitative estimate of drug-likeness (QED) is 0.765. The fraction of sp³-hybridized carbons (Fsp3) is 0.235. The lowest BCUT2D eigenvalue weighted by molar-refractivity contribution is -0.117. The number of hydrogen-bond acceptors (Lipinski definition) is 2. The van der Waals surface area contributed by atoms with Gasteiger partial charge < -0.3 is 11.1 Å². The molecule has 0 aliphatic heterocycles. The molecule has 3 nitrogen and oxygen atoms in total. The van der Waals surface area contributed by atoms with Crippen LogP contribution in [0.1, 0.15) is 24.5 Å². The molecule has 1 atom stereocenters. The van der Waals surface area contributed by atoms with Gasteiger partial charge in [-0.15, -0.1) is 0 Å². The van der Waals surface area contributed by atoms with Crippen LogP contribution in [-0.4, -0.2) is 11.9 Å². The van der Waals surface area contributed by atoms with Crippen molar-refractivity contribution in [2.45, 2.75) is 25.8 Å². The minimum atomic E-state index is -0.444. The van der Waals surface area contributed by atoms with Crippen molar-refractivity contribution in [2.75, 3.05) is 5.32 Å². The Morgan fingerprint density at radius 3 is 2.75 bits per heavy atom. The Kier molecular flexibility index (Phi) is 3.28. The van der Waals surface area contributed by atoms with Crippen molar-refractivity contribution < 1.29 is 4.79 Å². The van der Waals surface area contributed by atoms with E-state index in [1.807, 2.05) is 13.0 Å². The van der Waals surface area contributed by atoms with Crippen LogP contribution >= 0.6 is 0 Å². The van der Waals surface area contributed by atoms with Crippen LogP contribution < -0.4 is 11.1 Å². The molecule has 0 saturated carbocycles. The fourth-order valence-electron chi connectivity index (χ4n) is 2.64. The SMILES string of the molecule is CC[C@@H](N)C(=O)Nc1ccc2c(c1)Cc1ccccc1-2. The molecule has 1 aliphatic rings. The van der Waals surface area contributed by atoms with Crippen LogP contribution in [0.15, 0.2) is 42.5 Å². The molecule has 0 aromatic heterocycles. The van der Waals surface area contributed by atoms with Gasteiger partial charge in [0.2, 0.25) is 5.91 Å². The van der Waals surface area contributed by atoms with Crippen molar-refractivity contribution in [1.29, 1.82) is 0 Å². The lowest BCUT2D eigenvalue weighted by Gasteiger charge is -2.11. The highest BCUT2D eigenvalue weighted by Gasteiger charge is 2.18. The Morgan fingerprint density at radius 2 is 1.95 bits per heavy atom. The molecule has 0 saturated heterocycles. The number of fused-ring (bicyclic) bond motifs is 3. The van der Waals surface area contributed by atoms with Gasteiger partial charge in [0.05, 0.1) is 6.04 Å². The van der Waals surface area contributed by atoms with Crippen molar-refractivity contribution in [3.8, 4) is 11.1 Å². The lowest BCUT2D eigenvalue weighted by atomic mass is 10.1. The molecule has 3 N–H and O–H groups in total. The maximum atomic E-state index is 11.8. The minimum absolute atomic E-state index is 0.122. The van der Waals surface area contributed by atoms with E-state index in [4.69, 9.17) is 5.73 Å². The van der Waals surface area contributed by atoms with E-state index in [9.17, 15) is 4.79 Å². The molecule has 0 heterocycles. The summed E-state index contributed by atoms with van der Waals surface area (Å²) in [5.74, 6) is -0.122. The van der Waals surface area contributed by atoms with E-state index in [1.165, 1.54) is 22.3 Å². The average Bonchev–Trinajstić information content (AvgIpc) is 2.83. The molecule has 2 aromatic carbocycles. The molecule has 2 aromatic rings. The first-order chi connectivity index (χ1) is 9.69. The number of anilines is 1. The highest BCUT2D eigenvalue weighted by Crippen LogP contribution is 2.37. The van der Waals surface area contributed by atoms with Crippen molar-refractivity contribution in [2.24, 2.45) is 5.73 Å². The lowest BCUT2D eigenvalue weighted by Crippen LogP contribution is -2.34. The molecule has 0 bridgehead atoms. The number of nitrogens with two attached hydrogens (primary N) is 1. The maximum Gasteiger partial charge on any atom is 0.241 e. The summed E-state index contributed by atoms with van der Waals surface area (Å²) in [7, 11) is 0. The van der Waals surface area contributed by atoms with Gasteiger partial charge in [-0.2, -0.15) is 0 Å². The summed E-state index contributed by atoms with van der Waals surface area (Å²) in [6.45, 7) is 1.91. The van der Waals surface area contributed by atoms with Crippen LogP contribution in [0.4, 0.5) is 5.69 Å². The van der Waals surface area contributed by atoms with E-state index in [0.717, 1.165) is 12.1 Å². The number of carbonyl (C=O) groups is 1. The van der Waals surface area contributed by atoms with Crippen LogP contribution in [0.5, 0.6) is 0 Å². The Morgan fingerprint density at radius 1 is 1.20 bits per heavy atom. The van der Waals surface area contributed by atoms with E-state index in [-0.39, 0.29) is 5.91 Å². The highest BCUT2D eigenvalue weighted by atomic mass is 16.2. The molecule has 0 radical (unpaired) electrons. The number of benzene rings is 2. The number of nitrogens with one attached hydrogen (secondary N) is 1. The third-order valence-corrected chi connectivity index (χ3v) is 3.84. The van der Waals surface area contributed by atoms with Gasteiger partial charge in [-0.3, -0.25) is 4.79 Å². The Balaban J connectivity index is 1.86. The standard InChI is InChI=1S/C17H18N2O/c1-2-16(18)17(20)19-13-7-8-15-12(10-13)9-11-5-3-4-6-14(11)15/h3-8,10,16H,2,9,18H2,1H3,(H,19,20)/t16-/m1/s1. The molecule has 1 amide bonds. The minimum Gasteiger partial charge on any atom is -0.325 e. The smallest absolute Gasteiger partial charge is 0.241 e. The topological polar surface area (TPSA) is 55.1 Å². The van der Waals surface area contributed by atoms with Gasteiger partial charge in [0, 0.05) is 5.69 Å². The number of carbonyl (C=O) groups excluding carboxylic acids is 1. The summed E-state index contributed by atoms with van der Waals surface area (Å²) in [6.07, 6.45) is 1.57. The molecule has 102 valence electrons. The molecular formula is C17H18N2O. The molecule has 1 aliphatic carbocycles. The van der Waals surface area contributed by atoms with Crippen LogP contribution in [0, 0.1) is 0 Å². The summed E-state index contributed by atoms with van der Waals surface area (Å²) in [6, 6.07) is 14.1. The maximum absolute atomic E-state index is 11.8. The van der Waals surface area contributed by atoms with Crippen molar-refractivity contribution in [3.63, 3.8) is 0 Å². The second-order valence-corrected chi connectivity index (χ2v) is 5.21. The van der Waals surface area contributed by atoms with Crippen LogP contribution in [0.3, 0.4) is 0 Å². The Labute approximate surface area is 118 Å². The van der Waals surface area contributed by atoms with E-state index >= 15 is 0 Å². The van der Waals surface area contributed by atoms with Gasteiger partial charge in [0.1, 0.15) is 0 Å². The van der Waals surface area contributed by atoms with E-state index in [0.29, 0.717) is 6.42 Å². The van der Waals surface area contributed by atoms with Gasteiger partial charge >= 0.3 is 0 Å². The molecular weight excluding hydrogens is 248 g/mol. The summed E-state index contributed by atoms with van der Waals surface area (Å²) < 4.78 is 0. The van der Waals surface area contributed by atoms with Crippen LogP contribution in [-0.2, 0) is 11.2 Å². The summed E-state index contributed by atoms with van der Waals surface area (Å²) in [4.78, 5) is 11.8. The second-order valence-electron chi connectivity index (χ2n) is 5.21. The van der Waals surface area contributed by atoms with E-state index < -0.39 is 6.04 Å². The van der Waals surface area contributed by atoms with Crippen molar-refractivity contribution in [3.05, 3.63) is 53.6 Å². The normalized spacial score (nSPS) is 13.5. The highest BCUT2D eigenvalue weighted by molar-refractivity contribution is 5.95. The zero-order valence-electron chi connectivity index (χ0n) is 11.5. The molecule has 20 heavy (non-hydrogen) atoms. The summed E-state index contributed by atoms with van der Waals surface area (Å²) >= 11 is 0. The average molecular weight is 266 g/mol. The van der Waals surface area contributed by atoms with Gasteiger partial charge in [-0.05, 0) is 47.2 Å². The zero-order valence-corrected chi connectivity index (χ0v) is 11.5. The largest absolute Gasteiger partial charge is 0.325 e. The van der Waals surface area contributed by atoms with Crippen LogP contribution in [0.2, 0.25) is 0 Å². The van der Waals surface area contributed by atoms with Gasteiger partial charge in [0.15, 0.2) is 0 Å². The number of amides is 1. The third-order valence-electron chi connectivity index (χ3n) is 3.84. The molecule has 0 unspecified atom stereocenters. The van der Waals surface area contributed by atoms with Crippen molar-refractivity contribution >= 4 is 11.6 Å². The number of rotatable bonds is 3. The van der Waals surface area contributed by atoms with E-state index in [2.05, 4.69) is 41.7 Å². The number of hydrogen-bond donors (Lipinski definition) is 2. The molecule has 0 fully saturated rings. The van der Waals surface area contributed by atoms with Crippen molar-refractivity contribution in [1.82, 2.24) is 0 Å². The molecule has 3 heteroatoms. The molecule has 3 rings (SSSR count). The van der Waals surface area contributed by atoms with Gasteiger partial charge in [-0.1, -0.05) is 37.3 Å². The first-order valence-electron chi connectivity index (χ1n) is 6.96. The van der Waals surface area contributed by atoms with Crippen LogP contribution in [0.25, 0.3) is 11.1 Å². The molecule has 0 spiro atoms. The third kappa shape index (κ3) is 2.21. The monoisotopic (exact) mass is 266 g/mol.